The summed E-state index contributed by atoms with van der Waals surface area (Å²) in [4.78, 5) is 16.1. The van der Waals surface area contributed by atoms with Gasteiger partial charge in [0.05, 0.1) is 10.7 Å². The first-order chi connectivity index (χ1) is 9.13. The number of aryl methyl sites for hydroxylation is 3. The highest BCUT2D eigenvalue weighted by Gasteiger charge is 2.04. The molecule has 0 atom stereocenters. The number of benzene rings is 1. The number of aromatic nitrogens is 1. The minimum Gasteiger partial charge on any atom is -0.352 e. The average molecular weight is 274 g/mol. The van der Waals surface area contributed by atoms with Crippen molar-refractivity contribution in [3.8, 4) is 0 Å². The largest absolute Gasteiger partial charge is 0.352 e. The second-order valence-corrected chi connectivity index (χ2v) is 5.68. The maximum Gasteiger partial charge on any atom is 0.220 e. The molecule has 19 heavy (non-hydrogen) atoms. The van der Waals surface area contributed by atoms with Crippen LogP contribution in [0, 0.1) is 13.8 Å². The number of amides is 1. The van der Waals surface area contributed by atoms with E-state index in [1.54, 1.807) is 11.3 Å². The second kappa shape index (κ2) is 6.48. The van der Waals surface area contributed by atoms with Gasteiger partial charge in [-0.1, -0.05) is 29.8 Å². The summed E-state index contributed by atoms with van der Waals surface area (Å²) in [5.41, 5.74) is 3.37. The normalized spacial score (nSPS) is 10.4. The summed E-state index contributed by atoms with van der Waals surface area (Å²) in [7, 11) is 0. The standard InChI is InChI=1S/C15H18N2OS/c1-11-3-5-13(6-4-11)9-16-15(18)8-7-14-10-19-12(2)17-14/h3-6,10H,7-9H2,1-2H3,(H,16,18). The third-order valence-corrected chi connectivity index (χ3v) is 3.71. The number of nitrogens with one attached hydrogen (secondary N) is 1. The molecular formula is C15H18N2OS. The minimum atomic E-state index is 0.0752. The Morgan fingerprint density at radius 2 is 2.00 bits per heavy atom. The summed E-state index contributed by atoms with van der Waals surface area (Å²) in [6.45, 7) is 4.62. The maximum absolute atomic E-state index is 11.7. The number of thiazole rings is 1. The molecule has 2 aromatic rings. The lowest BCUT2D eigenvalue weighted by molar-refractivity contribution is -0.121. The predicted molar refractivity (Wildman–Crippen MR) is 78.2 cm³/mol. The third kappa shape index (κ3) is 4.48. The molecule has 2 rings (SSSR count). The Balaban J connectivity index is 1.74. The molecule has 0 spiro atoms. The van der Waals surface area contributed by atoms with Crippen LogP contribution in [-0.4, -0.2) is 10.9 Å². The van der Waals surface area contributed by atoms with Crippen LogP contribution in [0.15, 0.2) is 29.6 Å². The van der Waals surface area contributed by atoms with Gasteiger partial charge in [0.1, 0.15) is 0 Å². The van der Waals surface area contributed by atoms with Gasteiger partial charge in [-0.3, -0.25) is 4.79 Å². The van der Waals surface area contributed by atoms with E-state index < -0.39 is 0 Å². The molecule has 0 radical (unpaired) electrons. The first kappa shape index (κ1) is 13.7. The summed E-state index contributed by atoms with van der Waals surface area (Å²) in [6.07, 6.45) is 1.21. The van der Waals surface area contributed by atoms with E-state index in [0.717, 1.165) is 16.3 Å². The van der Waals surface area contributed by atoms with Crippen molar-refractivity contribution in [2.45, 2.75) is 33.2 Å². The Bertz CT molecular complexity index is 546. The fourth-order valence-corrected chi connectivity index (χ4v) is 2.41. The van der Waals surface area contributed by atoms with E-state index in [2.05, 4.69) is 29.4 Å². The van der Waals surface area contributed by atoms with E-state index in [9.17, 15) is 4.79 Å². The lowest BCUT2D eigenvalue weighted by Gasteiger charge is -2.05. The Morgan fingerprint density at radius 1 is 1.26 bits per heavy atom. The average Bonchev–Trinajstić information content (AvgIpc) is 2.81. The number of carbonyl (C=O) groups excluding carboxylic acids is 1. The van der Waals surface area contributed by atoms with Crippen LogP contribution in [-0.2, 0) is 17.8 Å². The molecule has 1 heterocycles. The quantitative estimate of drug-likeness (QED) is 0.910. The molecule has 0 saturated heterocycles. The molecule has 0 saturated carbocycles. The van der Waals surface area contributed by atoms with E-state index in [-0.39, 0.29) is 5.91 Å². The number of carbonyl (C=O) groups is 1. The second-order valence-electron chi connectivity index (χ2n) is 4.62. The lowest BCUT2D eigenvalue weighted by atomic mass is 10.1. The molecule has 0 aliphatic rings. The third-order valence-electron chi connectivity index (χ3n) is 2.89. The van der Waals surface area contributed by atoms with Crippen LogP contribution < -0.4 is 5.32 Å². The van der Waals surface area contributed by atoms with E-state index in [0.29, 0.717) is 19.4 Å². The molecule has 1 N–H and O–H groups in total. The number of nitrogens with zero attached hydrogens (tertiary/aromatic N) is 1. The van der Waals surface area contributed by atoms with Crippen LogP contribution in [0.5, 0.6) is 0 Å². The van der Waals surface area contributed by atoms with Crippen molar-refractivity contribution < 1.29 is 4.79 Å². The zero-order chi connectivity index (χ0) is 13.7. The highest BCUT2D eigenvalue weighted by atomic mass is 32.1. The Hall–Kier alpha value is -1.68. The fraction of sp³-hybridized carbons (Fsp3) is 0.333. The van der Waals surface area contributed by atoms with Crippen molar-refractivity contribution in [1.82, 2.24) is 10.3 Å². The highest BCUT2D eigenvalue weighted by Crippen LogP contribution is 2.09. The molecule has 0 aliphatic carbocycles. The summed E-state index contributed by atoms with van der Waals surface area (Å²) in [5.74, 6) is 0.0752. The summed E-state index contributed by atoms with van der Waals surface area (Å²) in [6, 6.07) is 8.19. The van der Waals surface area contributed by atoms with Crippen LogP contribution in [0.25, 0.3) is 0 Å². The number of rotatable bonds is 5. The zero-order valence-corrected chi connectivity index (χ0v) is 12.1. The van der Waals surface area contributed by atoms with E-state index in [4.69, 9.17) is 0 Å². The van der Waals surface area contributed by atoms with Gasteiger partial charge >= 0.3 is 0 Å². The maximum atomic E-state index is 11.7. The summed E-state index contributed by atoms with van der Waals surface area (Å²) < 4.78 is 0. The molecule has 0 bridgehead atoms. The van der Waals surface area contributed by atoms with Crippen LogP contribution in [0.1, 0.15) is 28.2 Å². The van der Waals surface area contributed by atoms with Crippen molar-refractivity contribution in [3.05, 3.63) is 51.5 Å². The first-order valence-electron chi connectivity index (χ1n) is 6.37. The van der Waals surface area contributed by atoms with E-state index in [1.807, 2.05) is 24.4 Å². The van der Waals surface area contributed by atoms with Gasteiger partial charge in [0, 0.05) is 18.3 Å². The molecule has 0 aliphatic heterocycles. The Kier molecular flexibility index (Phi) is 4.68. The van der Waals surface area contributed by atoms with Gasteiger partial charge in [-0.05, 0) is 25.8 Å². The Labute approximate surface area is 117 Å². The summed E-state index contributed by atoms with van der Waals surface area (Å²) in [5, 5.41) is 6.00. The van der Waals surface area contributed by atoms with Crippen molar-refractivity contribution in [2.24, 2.45) is 0 Å². The lowest BCUT2D eigenvalue weighted by Crippen LogP contribution is -2.23. The molecular weight excluding hydrogens is 256 g/mol. The van der Waals surface area contributed by atoms with Crippen molar-refractivity contribution in [3.63, 3.8) is 0 Å². The van der Waals surface area contributed by atoms with Crippen LogP contribution >= 0.6 is 11.3 Å². The Morgan fingerprint density at radius 3 is 2.63 bits per heavy atom. The van der Waals surface area contributed by atoms with Gasteiger partial charge in [-0.2, -0.15) is 0 Å². The zero-order valence-electron chi connectivity index (χ0n) is 11.3. The molecule has 100 valence electrons. The topological polar surface area (TPSA) is 42.0 Å². The van der Waals surface area contributed by atoms with Crippen LogP contribution in [0.3, 0.4) is 0 Å². The van der Waals surface area contributed by atoms with Crippen molar-refractivity contribution >= 4 is 17.2 Å². The molecule has 1 aromatic heterocycles. The van der Waals surface area contributed by atoms with Gasteiger partial charge in [0.15, 0.2) is 0 Å². The molecule has 0 fully saturated rings. The smallest absolute Gasteiger partial charge is 0.220 e. The van der Waals surface area contributed by atoms with Gasteiger partial charge in [0.2, 0.25) is 5.91 Å². The molecule has 0 unspecified atom stereocenters. The van der Waals surface area contributed by atoms with Gasteiger partial charge < -0.3 is 5.32 Å². The molecule has 4 heteroatoms. The molecule has 1 aromatic carbocycles. The number of hydrogen-bond acceptors (Lipinski definition) is 3. The van der Waals surface area contributed by atoms with Gasteiger partial charge in [-0.25, -0.2) is 4.98 Å². The fourth-order valence-electron chi connectivity index (χ4n) is 1.76. The predicted octanol–water partition coefficient (Wildman–Crippen LogP) is 3.01. The van der Waals surface area contributed by atoms with Crippen LogP contribution in [0.2, 0.25) is 0 Å². The van der Waals surface area contributed by atoms with E-state index in [1.165, 1.54) is 5.56 Å². The molecule has 3 nitrogen and oxygen atoms in total. The minimum absolute atomic E-state index is 0.0752. The van der Waals surface area contributed by atoms with Crippen molar-refractivity contribution in [1.29, 1.82) is 0 Å². The molecule has 1 amide bonds. The van der Waals surface area contributed by atoms with Gasteiger partial charge in [0.25, 0.3) is 0 Å². The van der Waals surface area contributed by atoms with Gasteiger partial charge in [-0.15, -0.1) is 11.3 Å². The number of hydrogen-bond donors (Lipinski definition) is 1. The summed E-state index contributed by atoms with van der Waals surface area (Å²) >= 11 is 1.62. The van der Waals surface area contributed by atoms with Crippen molar-refractivity contribution in [2.75, 3.05) is 0 Å². The highest BCUT2D eigenvalue weighted by molar-refractivity contribution is 7.09. The monoisotopic (exact) mass is 274 g/mol. The van der Waals surface area contributed by atoms with Crippen LogP contribution in [0.4, 0.5) is 0 Å². The SMILES string of the molecule is Cc1ccc(CNC(=O)CCc2csc(C)n2)cc1. The first-order valence-corrected chi connectivity index (χ1v) is 7.25. The van der Waals surface area contributed by atoms with E-state index >= 15 is 0 Å².